The maximum atomic E-state index is 14.9. The van der Waals surface area contributed by atoms with Crippen LogP contribution in [0.3, 0.4) is 0 Å². The molecule has 0 spiro atoms. The van der Waals surface area contributed by atoms with Crippen LogP contribution in [0.15, 0.2) is 54.6 Å². The van der Waals surface area contributed by atoms with Gasteiger partial charge >= 0.3 is 5.97 Å². The summed E-state index contributed by atoms with van der Waals surface area (Å²) < 4.78 is 17.4. The van der Waals surface area contributed by atoms with Crippen molar-refractivity contribution in [3.05, 3.63) is 121 Å². The smallest absolute Gasteiger partial charge is 0.308 e. The fraction of sp³-hybridized carbons (Fsp3) is 0.348. The zero-order valence-electron chi connectivity index (χ0n) is 33.0. The normalized spacial score (nSPS) is 22.1. The number of ether oxygens (including phenoxy) is 3. The Balaban J connectivity index is 1.43. The molecule has 1 saturated carbocycles. The Bertz CT molecular complexity index is 2390. The van der Waals surface area contributed by atoms with Crippen molar-refractivity contribution in [2.75, 3.05) is 6.61 Å². The second-order valence-corrected chi connectivity index (χ2v) is 15.5. The second-order valence-electron chi connectivity index (χ2n) is 15.5. The zero-order valence-corrected chi connectivity index (χ0v) is 33.0. The minimum absolute atomic E-state index is 0.00857. The number of aromatic hydroxyl groups is 1. The lowest BCUT2D eigenvalue weighted by Gasteiger charge is -2.39. The SMILES string of the molecule is CC(=O)Oc1cc(CO)c2c(c1/C=C/c1cccc(CCO)c1)C(=O)c1cc(O[C@H]3O[C@@H](C)[C@@H](O)[C@@H](O)[C@H]3O)c(Cc3cccc(C4(O)CCCC4)c3C=O)c(O)c1C2=O. The van der Waals surface area contributed by atoms with Gasteiger partial charge in [0.25, 0.3) is 0 Å². The average Bonchev–Trinajstić information content (AvgIpc) is 3.68. The maximum absolute atomic E-state index is 14.9. The monoisotopic (exact) mass is 822 g/mol. The van der Waals surface area contributed by atoms with Crippen LogP contribution in [0.1, 0.15) is 121 Å². The molecule has 0 aromatic heterocycles. The predicted octanol–water partition coefficient (Wildman–Crippen LogP) is 3.66. The van der Waals surface area contributed by atoms with Gasteiger partial charge in [-0.3, -0.25) is 19.2 Å². The molecule has 1 saturated heterocycles. The number of phenols is 1. The number of hydrogen-bond donors (Lipinski definition) is 7. The minimum Gasteiger partial charge on any atom is -0.507 e. The van der Waals surface area contributed by atoms with Crippen LogP contribution in [0, 0.1) is 0 Å². The van der Waals surface area contributed by atoms with Gasteiger partial charge in [-0.2, -0.15) is 0 Å². The summed E-state index contributed by atoms with van der Waals surface area (Å²) in [5.74, 6) is -3.60. The van der Waals surface area contributed by atoms with Crippen molar-refractivity contribution >= 4 is 36.0 Å². The Labute approximate surface area is 344 Å². The van der Waals surface area contributed by atoms with Crippen LogP contribution in [-0.2, 0) is 34.6 Å². The van der Waals surface area contributed by atoms with Crippen molar-refractivity contribution in [2.24, 2.45) is 0 Å². The van der Waals surface area contributed by atoms with Crippen LogP contribution in [0.4, 0.5) is 0 Å². The Kier molecular flexibility index (Phi) is 12.2. The van der Waals surface area contributed by atoms with Gasteiger partial charge in [0.1, 0.15) is 35.6 Å². The predicted molar refractivity (Wildman–Crippen MR) is 215 cm³/mol. The molecule has 0 amide bonds. The number of aliphatic hydroxyl groups excluding tert-OH is 5. The van der Waals surface area contributed by atoms with E-state index in [1.54, 1.807) is 42.5 Å². The summed E-state index contributed by atoms with van der Waals surface area (Å²) >= 11 is 0. The molecule has 3 aliphatic rings. The van der Waals surface area contributed by atoms with Gasteiger partial charge in [-0.25, -0.2) is 0 Å². The Morgan fingerprint density at radius 3 is 2.28 bits per heavy atom. The molecule has 0 unspecified atom stereocenters. The van der Waals surface area contributed by atoms with Crippen molar-refractivity contribution in [3.63, 3.8) is 0 Å². The number of carbonyl (C=O) groups excluding carboxylic acids is 4. The molecule has 7 rings (SSSR count). The van der Waals surface area contributed by atoms with Crippen LogP contribution in [0.5, 0.6) is 17.2 Å². The number of aliphatic hydroxyl groups is 6. The first kappa shape index (κ1) is 42.5. The number of aldehydes is 1. The van der Waals surface area contributed by atoms with Gasteiger partial charge in [-0.05, 0) is 72.2 Å². The number of fused-ring (bicyclic) bond motifs is 2. The molecule has 1 aliphatic heterocycles. The molecule has 14 nitrogen and oxygen atoms in total. The topological polar surface area (TPSA) is 238 Å². The van der Waals surface area contributed by atoms with Crippen LogP contribution < -0.4 is 9.47 Å². The molecule has 7 N–H and O–H groups in total. The van der Waals surface area contributed by atoms with E-state index >= 15 is 0 Å². The molecule has 1 heterocycles. The highest BCUT2D eigenvalue weighted by Gasteiger charge is 2.45. The van der Waals surface area contributed by atoms with E-state index in [1.165, 1.54) is 25.1 Å². The van der Waals surface area contributed by atoms with Crippen LogP contribution in [-0.4, -0.2) is 96.9 Å². The lowest BCUT2D eigenvalue weighted by molar-refractivity contribution is -0.268. The number of hydrogen-bond acceptors (Lipinski definition) is 14. The molecule has 0 radical (unpaired) electrons. The summed E-state index contributed by atoms with van der Waals surface area (Å²) in [7, 11) is 0. The van der Waals surface area contributed by atoms with E-state index in [4.69, 9.17) is 14.2 Å². The molecular formula is C46H46O14. The molecule has 4 aromatic carbocycles. The van der Waals surface area contributed by atoms with Crippen LogP contribution in [0.25, 0.3) is 12.2 Å². The Morgan fingerprint density at radius 1 is 0.867 bits per heavy atom. The third-order valence-corrected chi connectivity index (χ3v) is 11.6. The first-order valence-corrected chi connectivity index (χ1v) is 19.7. The van der Waals surface area contributed by atoms with Gasteiger partial charge in [0.05, 0.1) is 23.9 Å². The summed E-state index contributed by atoms with van der Waals surface area (Å²) in [6, 6.07) is 14.5. The van der Waals surface area contributed by atoms with Crippen LogP contribution in [0.2, 0.25) is 0 Å². The highest BCUT2D eigenvalue weighted by atomic mass is 16.7. The molecule has 4 aromatic rings. The number of carbonyl (C=O) groups is 4. The second kappa shape index (κ2) is 17.2. The van der Waals surface area contributed by atoms with E-state index < -0.39 is 71.8 Å². The van der Waals surface area contributed by atoms with Crippen molar-refractivity contribution in [2.45, 2.75) is 95.3 Å². The summed E-state index contributed by atoms with van der Waals surface area (Å²) in [5, 5.41) is 75.7. The highest BCUT2D eigenvalue weighted by Crippen LogP contribution is 2.46. The largest absolute Gasteiger partial charge is 0.507 e. The lowest BCUT2D eigenvalue weighted by Crippen LogP contribution is -2.58. The standard InChI is InChI=1S/C46H46O14/c1-23-39(51)43(55)44(56)45(58-23)60-35-20-31-38(40(52)30(35)18-27-9-6-10-33(32(27)22-49)46(57)14-3-4-15-46)42(54)36-28(21-48)19-34(59-24(2)50)29(37(36)41(31)53)12-11-25-7-5-8-26(17-25)13-16-47/h5-12,17,19-20,22-23,39,43-45,47-48,51-52,55-57H,3-4,13-16,18,21H2,1-2H3/b12-11+/t23-,39+,43+,44+,45+/m0/s1. The van der Waals surface area contributed by atoms with E-state index in [0.717, 1.165) is 25.3 Å². The molecule has 314 valence electrons. The van der Waals surface area contributed by atoms with Gasteiger partial charge in [0.2, 0.25) is 6.29 Å². The quantitative estimate of drug-likeness (QED) is 0.0412. The van der Waals surface area contributed by atoms with Gasteiger partial charge in [0, 0.05) is 53.3 Å². The minimum atomic E-state index is -1.82. The Morgan fingerprint density at radius 2 is 1.60 bits per heavy atom. The number of esters is 1. The average molecular weight is 823 g/mol. The summed E-state index contributed by atoms with van der Waals surface area (Å²) in [6.45, 7) is 1.73. The van der Waals surface area contributed by atoms with Crippen molar-refractivity contribution < 1.29 is 69.1 Å². The molecule has 5 atom stereocenters. The van der Waals surface area contributed by atoms with E-state index in [-0.39, 0.29) is 63.5 Å². The molecule has 14 heteroatoms. The first-order valence-electron chi connectivity index (χ1n) is 19.7. The molecule has 2 aliphatic carbocycles. The number of rotatable bonds is 12. The third-order valence-electron chi connectivity index (χ3n) is 11.6. The third kappa shape index (κ3) is 7.79. The van der Waals surface area contributed by atoms with Gasteiger partial charge < -0.3 is 50.0 Å². The summed E-state index contributed by atoms with van der Waals surface area (Å²) in [4.78, 5) is 54.8. The van der Waals surface area contributed by atoms with E-state index in [0.29, 0.717) is 42.2 Å². The maximum Gasteiger partial charge on any atom is 0.308 e. The van der Waals surface area contributed by atoms with Crippen molar-refractivity contribution in [1.82, 2.24) is 0 Å². The van der Waals surface area contributed by atoms with Crippen molar-refractivity contribution in [1.29, 1.82) is 0 Å². The fourth-order valence-corrected chi connectivity index (χ4v) is 8.51. The number of benzene rings is 4. The molecule has 2 fully saturated rings. The molecule has 0 bridgehead atoms. The van der Waals surface area contributed by atoms with E-state index in [9.17, 15) is 54.9 Å². The van der Waals surface area contributed by atoms with Crippen LogP contribution >= 0.6 is 0 Å². The van der Waals surface area contributed by atoms with Gasteiger partial charge in [-0.1, -0.05) is 61.4 Å². The summed E-state index contributed by atoms with van der Waals surface area (Å²) in [6.07, 6.45) is -1.61. The first-order chi connectivity index (χ1) is 28.7. The Hall–Kier alpha value is -5.58. The van der Waals surface area contributed by atoms with E-state index in [2.05, 4.69) is 0 Å². The molecule has 60 heavy (non-hydrogen) atoms. The zero-order chi connectivity index (χ0) is 43.0. The van der Waals surface area contributed by atoms with E-state index in [1.807, 2.05) is 6.07 Å². The number of ketones is 2. The van der Waals surface area contributed by atoms with Crippen molar-refractivity contribution in [3.8, 4) is 17.2 Å². The van der Waals surface area contributed by atoms with Gasteiger partial charge in [0.15, 0.2) is 17.9 Å². The fourth-order valence-electron chi connectivity index (χ4n) is 8.51. The lowest BCUT2D eigenvalue weighted by atomic mass is 9.77. The van der Waals surface area contributed by atoms with Gasteiger partial charge in [-0.15, -0.1) is 0 Å². The summed E-state index contributed by atoms with van der Waals surface area (Å²) in [5.41, 5.74) is -0.459. The molecular weight excluding hydrogens is 776 g/mol. The highest BCUT2D eigenvalue weighted by molar-refractivity contribution is 6.31. The number of phenolic OH excluding ortho intramolecular Hbond substituents is 1.